The molecule has 0 spiro atoms. The summed E-state index contributed by atoms with van der Waals surface area (Å²) in [5, 5.41) is 15.0. The Bertz CT molecular complexity index is 756. The summed E-state index contributed by atoms with van der Waals surface area (Å²) in [4.78, 5) is 15.3. The van der Waals surface area contributed by atoms with Crippen molar-refractivity contribution in [1.82, 2.24) is 14.8 Å². The number of aromatic nitrogens is 3. The van der Waals surface area contributed by atoms with Gasteiger partial charge in [-0.05, 0) is 25.5 Å². The molecule has 0 fully saturated rings. The van der Waals surface area contributed by atoms with Gasteiger partial charge in [0.15, 0.2) is 0 Å². The number of benzene rings is 1. The molecule has 0 bridgehead atoms. The number of phenols is 1. The molecule has 11 heteroatoms. The van der Waals surface area contributed by atoms with Gasteiger partial charge in [0.1, 0.15) is 11.6 Å². The minimum absolute atomic E-state index is 0.113. The molecule has 1 aromatic heterocycles. The Kier molecular flexibility index (Phi) is 6.14. The summed E-state index contributed by atoms with van der Waals surface area (Å²) >= 11 is 0. The van der Waals surface area contributed by atoms with Crippen molar-refractivity contribution in [2.45, 2.75) is 26.1 Å². The summed E-state index contributed by atoms with van der Waals surface area (Å²) in [5.74, 6) is -4.19. The van der Waals surface area contributed by atoms with E-state index < -0.39 is 35.4 Å². The number of anilines is 1. The van der Waals surface area contributed by atoms with Crippen molar-refractivity contribution in [1.29, 1.82) is 0 Å². The quantitative estimate of drug-likeness (QED) is 0.573. The third-order valence-corrected chi connectivity index (χ3v) is 3.16. The average Bonchev–Trinajstić information content (AvgIpc) is 2.93. The molecule has 0 atom stereocenters. The Balaban J connectivity index is 2.18. The van der Waals surface area contributed by atoms with Crippen LogP contribution in [0.1, 0.15) is 29.5 Å². The van der Waals surface area contributed by atoms with Crippen LogP contribution in [0.25, 0.3) is 0 Å². The van der Waals surface area contributed by atoms with Gasteiger partial charge in [0.2, 0.25) is 11.8 Å². The molecular weight excluding hydrogens is 360 g/mol. The summed E-state index contributed by atoms with van der Waals surface area (Å²) in [6, 6.07) is 2.56. The van der Waals surface area contributed by atoms with Crippen molar-refractivity contribution in [3.63, 3.8) is 0 Å². The highest BCUT2D eigenvalue weighted by Crippen LogP contribution is 2.28. The van der Waals surface area contributed by atoms with E-state index in [-0.39, 0.29) is 25.1 Å². The molecule has 0 radical (unpaired) electrons. The van der Waals surface area contributed by atoms with Crippen molar-refractivity contribution in [2.75, 3.05) is 18.5 Å². The fraction of sp³-hybridized carbons (Fsp3) is 0.400. The summed E-state index contributed by atoms with van der Waals surface area (Å²) in [7, 11) is 0. The second-order valence-corrected chi connectivity index (χ2v) is 5.18. The van der Waals surface area contributed by atoms with Crippen molar-refractivity contribution in [3.05, 3.63) is 35.4 Å². The Morgan fingerprint density at radius 3 is 2.69 bits per heavy atom. The highest BCUT2D eigenvalue weighted by atomic mass is 19.4. The smallest absolute Gasteiger partial charge is 0.451 e. The van der Waals surface area contributed by atoms with Crippen molar-refractivity contribution < 1.29 is 32.2 Å². The number of phenolic OH excluding ortho intramolecular Hbond substituents is 1. The van der Waals surface area contributed by atoms with Gasteiger partial charge < -0.3 is 9.84 Å². The molecule has 1 heterocycles. The highest BCUT2D eigenvalue weighted by molar-refractivity contribution is 6.03. The van der Waals surface area contributed by atoms with E-state index in [1.165, 1.54) is 0 Å². The van der Waals surface area contributed by atoms with Crippen LogP contribution in [0.3, 0.4) is 0 Å². The molecule has 26 heavy (non-hydrogen) atoms. The third-order valence-electron chi connectivity index (χ3n) is 3.16. The fourth-order valence-electron chi connectivity index (χ4n) is 2.10. The molecule has 2 N–H and O–H groups in total. The number of carbonyl (C=O) groups excluding carboxylic acids is 1. The van der Waals surface area contributed by atoms with E-state index in [1.54, 1.807) is 6.92 Å². The lowest BCUT2D eigenvalue weighted by Crippen LogP contribution is -2.16. The number of nitrogens with zero attached hydrogens (tertiary/aromatic N) is 3. The summed E-state index contributed by atoms with van der Waals surface area (Å²) < 4.78 is 58.1. The largest absolute Gasteiger partial charge is 0.508 e. The summed E-state index contributed by atoms with van der Waals surface area (Å²) in [6.45, 7) is 2.33. The third kappa shape index (κ3) is 5.15. The Morgan fingerprint density at radius 2 is 2.08 bits per heavy atom. The van der Waals surface area contributed by atoms with E-state index in [0.29, 0.717) is 11.3 Å². The molecule has 0 aliphatic carbocycles. The predicted octanol–water partition coefficient (Wildman–Crippen LogP) is 2.82. The lowest BCUT2D eigenvalue weighted by molar-refractivity contribution is -0.147. The van der Waals surface area contributed by atoms with E-state index in [4.69, 9.17) is 4.74 Å². The second kappa shape index (κ2) is 8.13. The number of amides is 1. The summed E-state index contributed by atoms with van der Waals surface area (Å²) in [6.07, 6.45) is -4.50. The molecule has 2 rings (SSSR count). The average molecular weight is 376 g/mol. The van der Waals surface area contributed by atoms with Crippen LogP contribution < -0.4 is 5.32 Å². The van der Waals surface area contributed by atoms with Crippen LogP contribution in [-0.2, 0) is 17.5 Å². The first-order valence-electron chi connectivity index (χ1n) is 7.61. The molecule has 0 aliphatic heterocycles. The first kappa shape index (κ1) is 19.6. The molecule has 1 aromatic carbocycles. The number of aromatic hydroxyl groups is 1. The number of ether oxygens (including phenoxy) is 1. The van der Waals surface area contributed by atoms with Gasteiger partial charge in [-0.3, -0.25) is 10.1 Å². The van der Waals surface area contributed by atoms with Gasteiger partial charge in [0.05, 0.1) is 0 Å². The molecule has 0 unspecified atom stereocenters. The van der Waals surface area contributed by atoms with Gasteiger partial charge in [-0.15, -0.1) is 5.10 Å². The van der Waals surface area contributed by atoms with E-state index in [9.17, 15) is 27.5 Å². The van der Waals surface area contributed by atoms with Crippen LogP contribution in [0.4, 0.5) is 23.5 Å². The molecule has 0 saturated heterocycles. The van der Waals surface area contributed by atoms with E-state index in [0.717, 1.165) is 18.2 Å². The van der Waals surface area contributed by atoms with Crippen LogP contribution in [0.15, 0.2) is 18.2 Å². The zero-order valence-corrected chi connectivity index (χ0v) is 13.7. The fourth-order valence-corrected chi connectivity index (χ4v) is 2.10. The van der Waals surface area contributed by atoms with Crippen LogP contribution >= 0.6 is 0 Å². The maximum Gasteiger partial charge on any atom is 0.451 e. The summed E-state index contributed by atoms with van der Waals surface area (Å²) in [5.41, 5.74) is -0.288. The zero-order chi connectivity index (χ0) is 19.3. The van der Waals surface area contributed by atoms with Gasteiger partial charge in [0, 0.05) is 31.4 Å². The number of hydrogen-bond donors (Lipinski definition) is 2. The van der Waals surface area contributed by atoms with Crippen molar-refractivity contribution in [3.8, 4) is 5.75 Å². The Morgan fingerprint density at radius 1 is 1.35 bits per heavy atom. The number of rotatable bonds is 7. The molecular formula is C15H16F4N4O3. The molecule has 0 saturated carbocycles. The predicted molar refractivity (Wildman–Crippen MR) is 82.2 cm³/mol. The van der Waals surface area contributed by atoms with Crippen LogP contribution in [-0.4, -0.2) is 39.0 Å². The van der Waals surface area contributed by atoms with Gasteiger partial charge >= 0.3 is 6.18 Å². The first-order valence-corrected chi connectivity index (χ1v) is 7.61. The number of carbonyl (C=O) groups is 1. The lowest BCUT2D eigenvalue weighted by atomic mass is 10.2. The number of aryl methyl sites for hydroxylation is 1. The molecule has 2 aromatic rings. The van der Waals surface area contributed by atoms with Crippen LogP contribution in [0.2, 0.25) is 0 Å². The van der Waals surface area contributed by atoms with Gasteiger partial charge in [0.25, 0.3) is 5.91 Å². The molecule has 0 aliphatic rings. The Hall–Kier alpha value is -2.69. The van der Waals surface area contributed by atoms with E-state index >= 15 is 0 Å². The maximum absolute atomic E-state index is 13.2. The first-order chi connectivity index (χ1) is 12.2. The topological polar surface area (TPSA) is 89.3 Å². The number of alkyl halides is 3. The number of nitrogens with one attached hydrogen (secondary N) is 1. The standard InChI is InChI=1S/C15H16F4N4O3/c1-2-26-5-3-4-23-13(15(17,18)19)21-14(22-23)20-12(25)9-6-10(16)8-11(24)7-9/h6-8,24H,2-5H2,1H3,(H,20,22,25). The highest BCUT2D eigenvalue weighted by Gasteiger charge is 2.38. The molecule has 7 nitrogen and oxygen atoms in total. The van der Waals surface area contributed by atoms with Gasteiger partial charge in [-0.2, -0.15) is 18.2 Å². The molecule has 142 valence electrons. The zero-order valence-electron chi connectivity index (χ0n) is 13.7. The van der Waals surface area contributed by atoms with Crippen LogP contribution in [0.5, 0.6) is 5.75 Å². The molecule has 1 amide bonds. The second-order valence-electron chi connectivity index (χ2n) is 5.18. The Labute approximate surface area is 145 Å². The van der Waals surface area contributed by atoms with Gasteiger partial charge in [-0.1, -0.05) is 0 Å². The monoisotopic (exact) mass is 376 g/mol. The van der Waals surface area contributed by atoms with Crippen molar-refractivity contribution >= 4 is 11.9 Å². The minimum atomic E-state index is -4.77. The van der Waals surface area contributed by atoms with Crippen LogP contribution in [0, 0.1) is 5.82 Å². The minimum Gasteiger partial charge on any atom is -0.508 e. The SMILES string of the molecule is CCOCCCn1nc(NC(=O)c2cc(O)cc(F)c2)nc1C(F)(F)F. The van der Waals surface area contributed by atoms with Crippen molar-refractivity contribution in [2.24, 2.45) is 0 Å². The normalized spacial score (nSPS) is 11.6. The van der Waals surface area contributed by atoms with E-state index in [2.05, 4.69) is 15.4 Å². The van der Waals surface area contributed by atoms with Gasteiger partial charge in [-0.25, -0.2) is 9.07 Å². The number of halogens is 4. The number of hydrogen-bond acceptors (Lipinski definition) is 5. The van der Waals surface area contributed by atoms with E-state index in [1.807, 2.05) is 0 Å². The lowest BCUT2D eigenvalue weighted by Gasteiger charge is -2.07. The maximum atomic E-state index is 13.2.